The molecule has 5 atom stereocenters. The van der Waals surface area contributed by atoms with Gasteiger partial charge in [-0.3, -0.25) is 0 Å². The highest BCUT2D eigenvalue weighted by Gasteiger charge is 2.44. The van der Waals surface area contributed by atoms with E-state index >= 15 is 0 Å². The molecular weight excluding hydrogens is 394 g/mol. The number of aryl methyl sites for hydroxylation is 1. The van der Waals surface area contributed by atoms with Crippen LogP contribution in [-0.2, 0) is 17.6 Å². The quantitative estimate of drug-likeness (QED) is 0.502. The molecule has 0 bridgehead atoms. The van der Waals surface area contributed by atoms with Gasteiger partial charge in [-0.1, -0.05) is 44.2 Å². The number of rotatable bonds is 5. The molecule has 0 amide bonds. The zero-order chi connectivity index (χ0) is 22.1. The molecule has 0 saturated carbocycles. The van der Waals surface area contributed by atoms with E-state index in [1.54, 1.807) is 0 Å². The Balaban J connectivity index is 1.65. The molecule has 6 nitrogen and oxygen atoms in total. The summed E-state index contributed by atoms with van der Waals surface area (Å²) in [6.45, 7) is 4.88. The van der Waals surface area contributed by atoms with Gasteiger partial charge in [-0.05, 0) is 59.1 Å². The Morgan fingerprint density at radius 3 is 2.58 bits per heavy atom. The van der Waals surface area contributed by atoms with E-state index in [2.05, 4.69) is 37.4 Å². The van der Waals surface area contributed by atoms with Crippen LogP contribution < -0.4 is 5.32 Å². The predicted molar refractivity (Wildman–Crippen MR) is 119 cm³/mol. The summed E-state index contributed by atoms with van der Waals surface area (Å²) in [5, 5.41) is 43.8. The van der Waals surface area contributed by atoms with E-state index in [0.29, 0.717) is 5.92 Å². The number of hydrogen-bond donors (Lipinski definition) is 5. The van der Waals surface area contributed by atoms with E-state index in [1.807, 2.05) is 18.2 Å². The Morgan fingerprint density at radius 2 is 1.84 bits per heavy atom. The van der Waals surface area contributed by atoms with Crippen molar-refractivity contribution in [2.75, 3.05) is 18.5 Å². The Labute approximate surface area is 183 Å². The van der Waals surface area contributed by atoms with E-state index in [-0.39, 0.29) is 0 Å². The van der Waals surface area contributed by atoms with Gasteiger partial charge in [-0.15, -0.1) is 0 Å². The first kappa shape index (κ1) is 22.2. The van der Waals surface area contributed by atoms with Crippen LogP contribution in [0.2, 0.25) is 0 Å². The molecule has 2 aliphatic rings. The van der Waals surface area contributed by atoms with E-state index in [9.17, 15) is 20.4 Å². The Bertz CT molecular complexity index is 913. The van der Waals surface area contributed by atoms with Crippen LogP contribution in [0.15, 0.2) is 36.4 Å². The largest absolute Gasteiger partial charge is 0.394 e. The minimum Gasteiger partial charge on any atom is -0.394 e. The fourth-order valence-corrected chi connectivity index (χ4v) is 4.73. The fraction of sp³-hybridized carbons (Fsp3) is 0.520. The van der Waals surface area contributed by atoms with E-state index in [1.165, 1.54) is 22.4 Å². The Kier molecular flexibility index (Phi) is 6.65. The van der Waals surface area contributed by atoms with Crippen LogP contribution in [0.5, 0.6) is 0 Å². The third kappa shape index (κ3) is 4.49. The van der Waals surface area contributed by atoms with Gasteiger partial charge in [0, 0.05) is 12.2 Å². The van der Waals surface area contributed by atoms with Crippen molar-refractivity contribution in [1.82, 2.24) is 0 Å². The summed E-state index contributed by atoms with van der Waals surface area (Å²) in [6.07, 6.45) is -2.73. The zero-order valence-corrected chi connectivity index (χ0v) is 18.2. The molecule has 4 rings (SSSR count). The number of ether oxygens (including phenoxy) is 1. The maximum atomic E-state index is 10.5. The molecule has 5 N–H and O–H groups in total. The smallest absolute Gasteiger partial charge is 0.113 e. The molecule has 6 heteroatoms. The summed E-state index contributed by atoms with van der Waals surface area (Å²) >= 11 is 0. The molecule has 2 aliphatic heterocycles. The molecule has 0 aromatic heterocycles. The van der Waals surface area contributed by atoms with Crippen molar-refractivity contribution in [1.29, 1.82) is 0 Å². The third-order valence-electron chi connectivity index (χ3n) is 6.52. The number of aliphatic hydroxyl groups excluding tert-OH is 4. The lowest BCUT2D eigenvalue weighted by molar-refractivity contribution is -0.231. The molecule has 0 aliphatic carbocycles. The second-order valence-corrected chi connectivity index (χ2v) is 9.06. The second-order valence-electron chi connectivity index (χ2n) is 9.06. The van der Waals surface area contributed by atoms with Crippen molar-refractivity contribution in [3.05, 3.63) is 64.2 Å². The number of nitrogens with one attached hydrogen (secondary N) is 1. The summed E-state index contributed by atoms with van der Waals surface area (Å²) in [7, 11) is 0. The fourth-order valence-electron chi connectivity index (χ4n) is 4.73. The van der Waals surface area contributed by atoms with Gasteiger partial charge in [0.1, 0.15) is 30.5 Å². The highest BCUT2D eigenvalue weighted by Crippen LogP contribution is 2.35. The Hall–Kier alpha value is -1.96. The van der Waals surface area contributed by atoms with Gasteiger partial charge in [-0.2, -0.15) is 0 Å². The molecule has 1 unspecified atom stereocenters. The summed E-state index contributed by atoms with van der Waals surface area (Å²) in [5.41, 5.74) is 6.86. The topological polar surface area (TPSA) is 102 Å². The van der Waals surface area contributed by atoms with Crippen molar-refractivity contribution in [3.63, 3.8) is 0 Å². The SMILES string of the molecule is CC(C)c1ccc([C@@H]2O[C@H](CO)[C@@H](O)C(O)[C@H]2O)cc1Cc1ccc2c(c1)NCCC2. The van der Waals surface area contributed by atoms with Gasteiger partial charge < -0.3 is 30.5 Å². The summed E-state index contributed by atoms with van der Waals surface area (Å²) in [6, 6.07) is 12.6. The lowest BCUT2D eigenvalue weighted by Gasteiger charge is -2.40. The van der Waals surface area contributed by atoms with Crippen molar-refractivity contribution >= 4 is 5.69 Å². The molecule has 168 valence electrons. The van der Waals surface area contributed by atoms with Gasteiger partial charge in [0.25, 0.3) is 0 Å². The molecule has 1 fully saturated rings. The van der Waals surface area contributed by atoms with Crippen molar-refractivity contribution in [2.45, 2.75) is 69.5 Å². The van der Waals surface area contributed by atoms with Crippen molar-refractivity contribution in [3.8, 4) is 0 Å². The standard InChI is InChI=1S/C25H33NO5/c1-14(2)19-8-7-17(25-24(30)23(29)22(28)21(13-27)31-25)12-18(19)10-15-5-6-16-4-3-9-26-20(16)11-15/h5-8,11-12,14,21-30H,3-4,9-10,13H2,1-2H3/t21-,22-,23?,24-,25+/m1/s1. The minimum absolute atomic E-state index is 0.328. The lowest BCUT2D eigenvalue weighted by atomic mass is 9.86. The highest BCUT2D eigenvalue weighted by molar-refractivity contribution is 5.55. The molecule has 2 aromatic carbocycles. The molecule has 1 saturated heterocycles. The normalized spacial score (nSPS) is 28.3. The van der Waals surface area contributed by atoms with Gasteiger partial charge in [0.2, 0.25) is 0 Å². The minimum atomic E-state index is -1.38. The Morgan fingerprint density at radius 1 is 1.03 bits per heavy atom. The number of aliphatic hydroxyl groups is 4. The van der Waals surface area contributed by atoms with Gasteiger partial charge in [0.15, 0.2) is 0 Å². The van der Waals surface area contributed by atoms with Crippen LogP contribution in [0.1, 0.15) is 60.1 Å². The molecular formula is C25H33NO5. The third-order valence-corrected chi connectivity index (χ3v) is 6.52. The van der Waals surface area contributed by atoms with Crippen LogP contribution in [0.4, 0.5) is 5.69 Å². The summed E-state index contributed by atoms with van der Waals surface area (Å²) in [5.74, 6) is 0.328. The molecule has 31 heavy (non-hydrogen) atoms. The van der Waals surface area contributed by atoms with Crippen LogP contribution in [-0.4, -0.2) is 58.0 Å². The highest BCUT2D eigenvalue weighted by atomic mass is 16.5. The van der Waals surface area contributed by atoms with Crippen molar-refractivity contribution < 1.29 is 25.2 Å². The van der Waals surface area contributed by atoms with E-state index < -0.39 is 37.1 Å². The molecule has 0 spiro atoms. The number of hydrogen-bond acceptors (Lipinski definition) is 6. The average molecular weight is 428 g/mol. The van der Waals surface area contributed by atoms with E-state index in [4.69, 9.17) is 4.74 Å². The van der Waals surface area contributed by atoms with Gasteiger partial charge >= 0.3 is 0 Å². The van der Waals surface area contributed by atoms with Crippen LogP contribution >= 0.6 is 0 Å². The van der Waals surface area contributed by atoms with Gasteiger partial charge in [-0.25, -0.2) is 0 Å². The monoisotopic (exact) mass is 427 g/mol. The van der Waals surface area contributed by atoms with Crippen LogP contribution in [0, 0.1) is 0 Å². The predicted octanol–water partition coefficient (Wildman–Crippen LogP) is 2.27. The van der Waals surface area contributed by atoms with E-state index in [0.717, 1.165) is 36.9 Å². The van der Waals surface area contributed by atoms with Crippen LogP contribution in [0.3, 0.4) is 0 Å². The zero-order valence-electron chi connectivity index (χ0n) is 18.2. The summed E-state index contributed by atoms with van der Waals surface area (Å²) in [4.78, 5) is 0. The molecule has 2 aromatic rings. The first-order valence-corrected chi connectivity index (χ1v) is 11.2. The second kappa shape index (κ2) is 9.27. The molecule has 2 heterocycles. The number of anilines is 1. The van der Waals surface area contributed by atoms with Gasteiger partial charge in [0.05, 0.1) is 6.61 Å². The maximum absolute atomic E-state index is 10.5. The van der Waals surface area contributed by atoms with Crippen molar-refractivity contribution in [2.24, 2.45) is 0 Å². The first-order valence-electron chi connectivity index (χ1n) is 11.2. The van der Waals surface area contributed by atoms with Crippen LogP contribution in [0.25, 0.3) is 0 Å². The molecule has 0 radical (unpaired) electrons. The summed E-state index contributed by atoms with van der Waals surface area (Å²) < 4.78 is 5.78. The number of benzene rings is 2. The lowest BCUT2D eigenvalue weighted by Crippen LogP contribution is -2.55. The number of fused-ring (bicyclic) bond motifs is 1. The first-order chi connectivity index (χ1) is 14.9. The maximum Gasteiger partial charge on any atom is 0.113 e. The average Bonchev–Trinajstić information content (AvgIpc) is 2.77.